The van der Waals surface area contributed by atoms with Crippen LogP contribution in [-0.2, 0) is 6.42 Å². The molecule has 3 heterocycles. The SMILES string of the molecule is CCc1[nH]nc2c1[C@@H](c1cc3c(cc1Cl)OCO3)C(C#N)=C(N)O2. The second kappa shape index (κ2) is 5.35. The monoisotopic (exact) mass is 344 g/mol. The van der Waals surface area contributed by atoms with Gasteiger partial charge >= 0.3 is 0 Å². The van der Waals surface area contributed by atoms with Gasteiger partial charge in [-0.2, -0.15) is 5.26 Å². The molecule has 3 N–H and O–H groups in total. The molecular weight excluding hydrogens is 332 g/mol. The van der Waals surface area contributed by atoms with Gasteiger partial charge in [-0.25, -0.2) is 0 Å². The van der Waals surface area contributed by atoms with E-state index in [-0.39, 0.29) is 12.7 Å². The van der Waals surface area contributed by atoms with Crippen LogP contribution in [0.4, 0.5) is 0 Å². The summed E-state index contributed by atoms with van der Waals surface area (Å²) < 4.78 is 16.3. The molecule has 0 saturated carbocycles. The number of allylic oxidation sites excluding steroid dienone is 1. The van der Waals surface area contributed by atoms with Gasteiger partial charge in [0.25, 0.3) is 0 Å². The van der Waals surface area contributed by atoms with Crippen molar-refractivity contribution in [1.29, 1.82) is 5.26 Å². The topological polar surface area (TPSA) is 106 Å². The number of aryl methyl sites for hydroxylation is 1. The smallest absolute Gasteiger partial charge is 0.244 e. The van der Waals surface area contributed by atoms with Crippen LogP contribution in [0.5, 0.6) is 17.4 Å². The zero-order valence-electron chi connectivity index (χ0n) is 12.7. The van der Waals surface area contributed by atoms with Crippen LogP contribution in [0.3, 0.4) is 0 Å². The molecule has 0 aliphatic carbocycles. The van der Waals surface area contributed by atoms with Crippen molar-refractivity contribution >= 4 is 11.6 Å². The quantitative estimate of drug-likeness (QED) is 0.867. The van der Waals surface area contributed by atoms with E-state index in [0.717, 1.165) is 11.3 Å². The number of rotatable bonds is 2. The first-order valence-corrected chi connectivity index (χ1v) is 7.75. The van der Waals surface area contributed by atoms with Gasteiger partial charge in [0.05, 0.1) is 11.5 Å². The molecule has 1 atom stereocenters. The van der Waals surface area contributed by atoms with Gasteiger partial charge in [-0.3, -0.25) is 5.10 Å². The van der Waals surface area contributed by atoms with Gasteiger partial charge < -0.3 is 19.9 Å². The Balaban J connectivity index is 1.96. The van der Waals surface area contributed by atoms with E-state index >= 15 is 0 Å². The second-order valence-electron chi connectivity index (χ2n) is 5.43. The number of benzene rings is 1. The highest BCUT2D eigenvalue weighted by atomic mass is 35.5. The average molecular weight is 345 g/mol. The Morgan fingerprint density at radius 3 is 2.88 bits per heavy atom. The van der Waals surface area contributed by atoms with Crippen molar-refractivity contribution in [3.63, 3.8) is 0 Å². The number of fused-ring (bicyclic) bond motifs is 2. The minimum atomic E-state index is -0.477. The molecule has 2 aromatic rings. The first-order valence-electron chi connectivity index (χ1n) is 7.37. The fraction of sp³-hybridized carbons (Fsp3) is 0.250. The predicted molar refractivity (Wildman–Crippen MR) is 84.8 cm³/mol. The summed E-state index contributed by atoms with van der Waals surface area (Å²) in [5.74, 6) is 1.07. The van der Waals surface area contributed by atoms with Crippen LogP contribution in [0.15, 0.2) is 23.6 Å². The van der Waals surface area contributed by atoms with E-state index in [0.29, 0.717) is 40.0 Å². The summed E-state index contributed by atoms with van der Waals surface area (Å²) in [6, 6.07) is 5.60. The molecular formula is C16H13ClN4O3. The number of nitrogens with one attached hydrogen (secondary N) is 1. The lowest BCUT2D eigenvalue weighted by molar-refractivity contribution is 0.174. The number of halogens is 1. The van der Waals surface area contributed by atoms with Crippen LogP contribution in [0, 0.1) is 11.3 Å². The minimum Gasteiger partial charge on any atom is -0.454 e. The van der Waals surface area contributed by atoms with Crippen LogP contribution in [0.2, 0.25) is 5.02 Å². The number of H-pyrrole nitrogens is 1. The lowest BCUT2D eigenvalue weighted by atomic mass is 9.83. The Labute approximate surface area is 142 Å². The van der Waals surface area contributed by atoms with Crippen molar-refractivity contribution < 1.29 is 14.2 Å². The van der Waals surface area contributed by atoms with Crippen molar-refractivity contribution in [2.45, 2.75) is 19.3 Å². The van der Waals surface area contributed by atoms with E-state index in [9.17, 15) is 5.26 Å². The first-order chi connectivity index (χ1) is 11.6. The third-order valence-electron chi connectivity index (χ3n) is 4.17. The zero-order chi connectivity index (χ0) is 16.8. The first kappa shape index (κ1) is 14.7. The number of hydrogen-bond donors (Lipinski definition) is 2. The molecule has 0 bridgehead atoms. The zero-order valence-corrected chi connectivity index (χ0v) is 13.5. The third-order valence-corrected chi connectivity index (χ3v) is 4.50. The molecule has 2 aliphatic heterocycles. The third kappa shape index (κ3) is 2.00. The maximum absolute atomic E-state index is 9.61. The van der Waals surface area contributed by atoms with Crippen LogP contribution in [0.1, 0.15) is 29.7 Å². The highest BCUT2D eigenvalue weighted by molar-refractivity contribution is 6.31. The molecule has 1 aromatic carbocycles. The molecule has 0 radical (unpaired) electrons. The van der Waals surface area contributed by atoms with Crippen LogP contribution < -0.4 is 19.9 Å². The van der Waals surface area contributed by atoms with Crippen molar-refractivity contribution in [3.05, 3.63) is 45.4 Å². The number of hydrogen-bond acceptors (Lipinski definition) is 6. The van der Waals surface area contributed by atoms with Gasteiger partial charge in [-0.15, -0.1) is 5.10 Å². The lowest BCUT2D eigenvalue weighted by Gasteiger charge is -2.24. The molecule has 2 aliphatic rings. The van der Waals surface area contributed by atoms with E-state index in [4.69, 9.17) is 31.5 Å². The normalized spacial score (nSPS) is 18.1. The molecule has 0 fully saturated rings. The Kier molecular flexibility index (Phi) is 3.28. The number of nitriles is 1. The molecule has 1 aromatic heterocycles. The molecule has 8 heteroatoms. The Morgan fingerprint density at radius 1 is 1.42 bits per heavy atom. The van der Waals surface area contributed by atoms with E-state index in [1.54, 1.807) is 12.1 Å². The summed E-state index contributed by atoms with van der Waals surface area (Å²) in [5.41, 5.74) is 8.55. The summed E-state index contributed by atoms with van der Waals surface area (Å²) in [4.78, 5) is 0. The maximum atomic E-state index is 9.61. The van der Waals surface area contributed by atoms with Gasteiger partial charge in [-0.1, -0.05) is 18.5 Å². The molecule has 7 nitrogen and oxygen atoms in total. The molecule has 0 unspecified atom stereocenters. The van der Waals surface area contributed by atoms with Crippen LogP contribution in [-0.4, -0.2) is 17.0 Å². The Morgan fingerprint density at radius 2 is 2.17 bits per heavy atom. The standard InChI is InChI=1S/C16H13ClN4O3/c1-2-10-14-13(8(5-18)15(19)24-16(14)21-20-10)7-3-11-12(4-9(7)17)23-6-22-11/h3-4,13H,2,6,19H2,1H3,(H,20,21)/t13-/m0/s1. The van der Waals surface area contributed by atoms with Gasteiger partial charge in [-0.05, 0) is 18.1 Å². The van der Waals surface area contributed by atoms with E-state index in [2.05, 4.69) is 16.3 Å². The number of nitrogens with zero attached hydrogens (tertiary/aromatic N) is 2. The second-order valence-corrected chi connectivity index (χ2v) is 5.83. The number of nitrogens with two attached hydrogens (primary N) is 1. The maximum Gasteiger partial charge on any atom is 0.244 e. The molecule has 4 rings (SSSR count). The summed E-state index contributed by atoms with van der Waals surface area (Å²) >= 11 is 6.46. The molecule has 122 valence electrons. The fourth-order valence-corrected chi connectivity index (χ4v) is 3.31. The van der Waals surface area contributed by atoms with Gasteiger partial charge in [0.2, 0.25) is 18.6 Å². The highest BCUT2D eigenvalue weighted by Gasteiger charge is 2.36. The number of aromatic amines is 1. The van der Waals surface area contributed by atoms with E-state index in [1.165, 1.54) is 0 Å². The van der Waals surface area contributed by atoms with Gasteiger partial charge in [0.15, 0.2) is 11.5 Å². The van der Waals surface area contributed by atoms with Crippen molar-refractivity contribution in [3.8, 4) is 23.4 Å². The van der Waals surface area contributed by atoms with E-state index in [1.807, 2.05) is 6.92 Å². The van der Waals surface area contributed by atoms with Crippen LogP contribution in [0.25, 0.3) is 0 Å². The predicted octanol–water partition coefficient (Wildman–Crippen LogP) is 2.57. The number of aromatic nitrogens is 2. The Hall–Kier alpha value is -2.85. The fourth-order valence-electron chi connectivity index (χ4n) is 3.04. The molecule has 0 amide bonds. The van der Waals surface area contributed by atoms with Crippen molar-refractivity contribution in [1.82, 2.24) is 10.2 Å². The largest absolute Gasteiger partial charge is 0.454 e. The highest BCUT2D eigenvalue weighted by Crippen LogP contribution is 2.48. The van der Waals surface area contributed by atoms with Crippen LogP contribution >= 0.6 is 11.6 Å². The van der Waals surface area contributed by atoms with Crippen molar-refractivity contribution in [2.75, 3.05) is 6.79 Å². The minimum absolute atomic E-state index is 0.0258. The summed E-state index contributed by atoms with van der Waals surface area (Å²) in [6.07, 6.45) is 0.697. The van der Waals surface area contributed by atoms with E-state index < -0.39 is 5.92 Å². The summed E-state index contributed by atoms with van der Waals surface area (Å²) in [5, 5.41) is 17.2. The summed E-state index contributed by atoms with van der Waals surface area (Å²) in [6.45, 7) is 2.13. The Bertz CT molecular complexity index is 913. The molecule has 0 spiro atoms. The van der Waals surface area contributed by atoms with Gasteiger partial charge in [0.1, 0.15) is 11.6 Å². The van der Waals surface area contributed by atoms with Gasteiger partial charge in [0, 0.05) is 16.8 Å². The lowest BCUT2D eigenvalue weighted by Crippen LogP contribution is -2.21. The summed E-state index contributed by atoms with van der Waals surface area (Å²) in [7, 11) is 0. The number of ether oxygens (including phenoxy) is 3. The van der Waals surface area contributed by atoms with Crippen molar-refractivity contribution in [2.24, 2.45) is 5.73 Å². The molecule has 0 saturated heterocycles. The molecule has 24 heavy (non-hydrogen) atoms. The average Bonchev–Trinajstić information content (AvgIpc) is 3.18.